The Balaban J connectivity index is 1.81. The fourth-order valence-corrected chi connectivity index (χ4v) is 4.51. The molecule has 0 bridgehead atoms. The van der Waals surface area contributed by atoms with Crippen molar-refractivity contribution in [3.8, 4) is 0 Å². The average molecular weight is 395 g/mol. The number of amides is 1. The van der Waals surface area contributed by atoms with E-state index in [0.717, 1.165) is 27.8 Å². The third kappa shape index (κ3) is 2.56. The second-order valence-corrected chi connectivity index (χ2v) is 7.47. The SMILES string of the molecule is CCC1(c2cncc(Br)c2)C=CC=C2C1CC(=O)N2c1ccccc1. The van der Waals surface area contributed by atoms with Crippen LogP contribution in [0.5, 0.6) is 0 Å². The molecular weight excluding hydrogens is 376 g/mol. The largest absolute Gasteiger partial charge is 0.285 e. The van der Waals surface area contributed by atoms with E-state index in [4.69, 9.17) is 0 Å². The van der Waals surface area contributed by atoms with Crippen LogP contribution >= 0.6 is 15.9 Å². The van der Waals surface area contributed by atoms with E-state index < -0.39 is 0 Å². The maximum atomic E-state index is 12.9. The van der Waals surface area contributed by atoms with E-state index in [1.165, 1.54) is 0 Å². The van der Waals surface area contributed by atoms with Crippen LogP contribution < -0.4 is 4.90 Å². The van der Waals surface area contributed by atoms with Gasteiger partial charge in [0.1, 0.15) is 0 Å². The number of nitrogens with zero attached hydrogens (tertiary/aromatic N) is 2. The summed E-state index contributed by atoms with van der Waals surface area (Å²) < 4.78 is 0.964. The van der Waals surface area contributed by atoms with Gasteiger partial charge in [-0.3, -0.25) is 14.7 Å². The Morgan fingerprint density at radius 1 is 1.28 bits per heavy atom. The van der Waals surface area contributed by atoms with Gasteiger partial charge in [-0.1, -0.05) is 37.3 Å². The Bertz CT molecular complexity index is 874. The van der Waals surface area contributed by atoms with Crippen LogP contribution in [0.25, 0.3) is 0 Å². The van der Waals surface area contributed by atoms with Gasteiger partial charge in [-0.05, 0) is 52.2 Å². The highest BCUT2D eigenvalue weighted by Gasteiger charge is 2.48. The minimum absolute atomic E-state index is 0.131. The van der Waals surface area contributed by atoms with E-state index >= 15 is 0 Å². The average Bonchev–Trinajstić information content (AvgIpc) is 2.98. The smallest absolute Gasteiger partial charge is 0.232 e. The summed E-state index contributed by atoms with van der Waals surface area (Å²) in [5, 5.41) is 0. The summed E-state index contributed by atoms with van der Waals surface area (Å²) in [4.78, 5) is 19.1. The first-order chi connectivity index (χ1) is 12.2. The number of aromatic nitrogens is 1. The molecule has 2 heterocycles. The lowest BCUT2D eigenvalue weighted by atomic mass is 9.65. The Kier molecular flexibility index (Phi) is 4.08. The number of allylic oxidation sites excluding steroid dienone is 4. The molecule has 1 aromatic heterocycles. The quantitative estimate of drug-likeness (QED) is 0.733. The highest BCUT2D eigenvalue weighted by molar-refractivity contribution is 9.10. The molecule has 1 aliphatic heterocycles. The molecule has 2 aliphatic rings. The zero-order valence-electron chi connectivity index (χ0n) is 14.0. The number of hydrogen-bond donors (Lipinski definition) is 0. The van der Waals surface area contributed by atoms with Crippen LogP contribution in [-0.2, 0) is 10.2 Å². The van der Waals surface area contributed by atoms with Gasteiger partial charge in [0.25, 0.3) is 0 Å². The van der Waals surface area contributed by atoms with Crippen LogP contribution in [0.15, 0.2) is 77.2 Å². The predicted octanol–water partition coefficient (Wildman–Crippen LogP) is 5.00. The van der Waals surface area contributed by atoms with Crippen molar-refractivity contribution in [3.05, 3.63) is 82.8 Å². The van der Waals surface area contributed by atoms with Gasteiger partial charge in [0.15, 0.2) is 0 Å². The van der Waals surface area contributed by atoms with Gasteiger partial charge in [0.05, 0.1) is 0 Å². The van der Waals surface area contributed by atoms with Crippen molar-refractivity contribution in [1.82, 2.24) is 4.98 Å². The molecule has 0 N–H and O–H groups in total. The second kappa shape index (κ2) is 6.26. The topological polar surface area (TPSA) is 33.2 Å². The number of rotatable bonds is 3. The van der Waals surface area contributed by atoms with Crippen LogP contribution in [-0.4, -0.2) is 10.9 Å². The monoisotopic (exact) mass is 394 g/mol. The molecule has 2 atom stereocenters. The van der Waals surface area contributed by atoms with Gasteiger partial charge >= 0.3 is 0 Å². The van der Waals surface area contributed by atoms with Gasteiger partial charge in [-0.2, -0.15) is 0 Å². The van der Waals surface area contributed by atoms with Gasteiger partial charge in [0.2, 0.25) is 5.91 Å². The molecule has 1 aromatic carbocycles. The number of hydrogen-bond acceptors (Lipinski definition) is 2. The summed E-state index contributed by atoms with van der Waals surface area (Å²) in [6, 6.07) is 12.0. The van der Waals surface area contributed by atoms with E-state index in [1.54, 1.807) is 6.20 Å². The number of pyridine rings is 1. The van der Waals surface area contributed by atoms with Crippen molar-refractivity contribution in [2.24, 2.45) is 5.92 Å². The van der Waals surface area contributed by atoms with Crippen molar-refractivity contribution in [1.29, 1.82) is 0 Å². The molecule has 2 aromatic rings. The Labute approximate surface area is 156 Å². The first kappa shape index (κ1) is 16.3. The third-order valence-corrected chi connectivity index (χ3v) is 5.80. The lowest BCUT2D eigenvalue weighted by Crippen LogP contribution is -2.35. The van der Waals surface area contributed by atoms with Crippen molar-refractivity contribution in [2.75, 3.05) is 4.90 Å². The molecule has 0 saturated carbocycles. The van der Waals surface area contributed by atoms with E-state index in [1.807, 2.05) is 41.4 Å². The molecule has 1 saturated heterocycles. The molecule has 0 spiro atoms. The first-order valence-corrected chi connectivity index (χ1v) is 9.33. The van der Waals surface area contributed by atoms with Crippen LogP contribution in [0.4, 0.5) is 5.69 Å². The molecular formula is C21H19BrN2O. The molecule has 1 aliphatic carbocycles. The highest BCUT2D eigenvalue weighted by Crippen LogP contribution is 2.50. The van der Waals surface area contributed by atoms with Gasteiger partial charge in [0, 0.05) is 46.0 Å². The normalized spacial score (nSPS) is 25.0. The highest BCUT2D eigenvalue weighted by atomic mass is 79.9. The third-order valence-electron chi connectivity index (χ3n) is 5.37. The summed E-state index contributed by atoms with van der Waals surface area (Å²) in [6.07, 6.45) is 11.6. The minimum atomic E-state index is -0.208. The minimum Gasteiger partial charge on any atom is -0.285 e. The molecule has 1 amide bonds. The maximum absolute atomic E-state index is 12.9. The lowest BCUT2D eigenvalue weighted by molar-refractivity contribution is -0.117. The van der Waals surface area contributed by atoms with Crippen LogP contribution in [0.2, 0.25) is 0 Å². The van der Waals surface area contributed by atoms with Crippen molar-refractivity contribution in [2.45, 2.75) is 25.2 Å². The number of fused-ring (bicyclic) bond motifs is 1. The van der Waals surface area contributed by atoms with Crippen LogP contribution in [0, 0.1) is 5.92 Å². The van der Waals surface area contributed by atoms with E-state index in [9.17, 15) is 4.79 Å². The molecule has 4 rings (SSSR count). The first-order valence-electron chi connectivity index (χ1n) is 8.54. The predicted molar refractivity (Wildman–Crippen MR) is 103 cm³/mol. The van der Waals surface area contributed by atoms with E-state index in [0.29, 0.717) is 6.42 Å². The molecule has 0 radical (unpaired) electrons. The lowest BCUT2D eigenvalue weighted by Gasteiger charge is -2.39. The molecule has 4 heteroatoms. The summed E-state index contributed by atoms with van der Waals surface area (Å²) in [7, 11) is 0. The fourth-order valence-electron chi connectivity index (χ4n) is 4.14. The summed E-state index contributed by atoms with van der Waals surface area (Å²) in [6.45, 7) is 2.18. The number of halogens is 1. The standard InChI is InChI=1S/C21H19BrN2O/c1-2-21(15-11-16(22)14-23-13-15)10-6-9-19-18(21)12-20(25)24(19)17-7-4-3-5-8-17/h3-11,13-14,18H,2,12H2,1H3. The summed E-state index contributed by atoms with van der Waals surface area (Å²) >= 11 is 3.54. The maximum Gasteiger partial charge on any atom is 0.232 e. The van der Waals surface area contributed by atoms with Crippen LogP contribution in [0.1, 0.15) is 25.3 Å². The molecule has 3 nitrogen and oxygen atoms in total. The number of carbonyl (C=O) groups excluding carboxylic acids is 1. The number of benzene rings is 1. The number of anilines is 1. The fraction of sp³-hybridized carbons (Fsp3) is 0.238. The molecule has 2 unspecified atom stereocenters. The van der Waals surface area contributed by atoms with Gasteiger partial charge in [-0.15, -0.1) is 0 Å². The van der Waals surface area contributed by atoms with Gasteiger partial charge < -0.3 is 0 Å². The van der Waals surface area contributed by atoms with Crippen molar-refractivity contribution in [3.63, 3.8) is 0 Å². The molecule has 25 heavy (non-hydrogen) atoms. The number of para-hydroxylation sites is 1. The second-order valence-electron chi connectivity index (χ2n) is 6.56. The van der Waals surface area contributed by atoms with E-state index in [2.05, 4.69) is 52.1 Å². The summed E-state index contributed by atoms with van der Waals surface area (Å²) in [5.41, 5.74) is 2.97. The number of carbonyl (C=O) groups is 1. The van der Waals surface area contributed by atoms with Gasteiger partial charge in [-0.25, -0.2) is 0 Å². The summed E-state index contributed by atoms with van der Waals surface area (Å²) in [5.74, 6) is 0.290. The van der Waals surface area contributed by atoms with Crippen molar-refractivity contribution < 1.29 is 4.79 Å². The zero-order chi connectivity index (χ0) is 17.4. The molecule has 126 valence electrons. The van der Waals surface area contributed by atoms with Crippen LogP contribution in [0.3, 0.4) is 0 Å². The molecule has 1 fully saturated rings. The van der Waals surface area contributed by atoms with Crippen molar-refractivity contribution >= 4 is 27.5 Å². The Morgan fingerprint density at radius 3 is 2.80 bits per heavy atom. The zero-order valence-corrected chi connectivity index (χ0v) is 15.6. The Hall–Kier alpha value is -2.20. The Morgan fingerprint density at radius 2 is 2.08 bits per heavy atom. The van der Waals surface area contributed by atoms with E-state index in [-0.39, 0.29) is 17.2 Å².